The summed E-state index contributed by atoms with van der Waals surface area (Å²) in [6.45, 7) is 3.50. The molecule has 0 spiro atoms. The van der Waals surface area contributed by atoms with Gasteiger partial charge in [0.15, 0.2) is 0 Å². The van der Waals surface area contributed by atoms with Gasteiger partial charge in [0.25, 0.3) is 5.91 Å². The lowest BCUT2D eigenvalue weighted by molar-refractivity contribution is 0.0338. The molecule has 3 rings (SSSR count). The Bertz CT molecular complexity index is 697. The number of rotatable bonds is 4. The van der Waals surface area contributed by atoms with Crippen molar-refractivity contribution in [2.45, 2.75) is 26.2 Å². The maximum atomic E-state index is 13.1. The van der Waals surface area contributed by atoms with Crippen LogP contribution in [-0.4, -0.2) is 45.8 Å². The number of nitrogens with one attached hydrogen (secondary N) is 1. The molecule has 1 saturated heterocycles. The summed E-state index contributed by atoms with van der Waals surface area (Å²) in [5.41, 5.74) is 1.77. The third-order valence-corrected chi connectivity index (χ3v) is 5.20. The van der Waals surface area contributed by atoms with Gasteiger partial charge in [-0.2, -0.15) is 5.10 Å². The molecule has 2 heterocycles. The largest absolute Gasteiger partial charge is 0.396 e. The average molecular weight is 331 g/mol. The SMILES string of the molecule is CCC1(CO)CCN(C(=O)c2cn[nH]c2-c2ccc(F)cc2)CC1. The van der Waals surface area contributed by atoms with Gasteiger partial charge in [-0.05, 0) is 48.9 Å². The molecule has 1 aliphatic heterocycles. The quantitative estimate of drug-likeness (QED) is 0.905. The number of hydrogen-bond donors (Lipinski definition) is 2. The zero-order valence-electron chi connectivity index (χ0n) is 13.8. The third-order valence-electron chi connectivity index (χ3n) is 5.20. The van der Waals surface area contributed by atoms with E-state index in [1.807, 2.05) is 0 Å². The highest BCUT2D eigenvalue weighted by Gasteiger charge is 2.34. The molecule has 2 aromatic rings. The molecule has 0 atom stereocenters. The van der Waals surface area contributed by atoms with Gasteiger partial charge in [0, 0.05) is 25.3 Å². The van der Waals surface area contributed by atoms with Crippen molar-refractivity contribution < 1.29 is 14.3 Å². The molecule has 0 saturated carbocycles. The third kappa shape index (κ3) is 3.06. The van der Waals surface area contributed by atoms with Crippen LogP contribution in [0.5, 0.6) is 0 Å². The van der Waals surface area contributed by atoms with Gasteiger partial charge in [-0.25, -0.2) is 4.39 Å². The van der Waals surface area contributed by atoms with Crippen LogP contribution in [0, 0.1) is 11.2 Å². The molecule has 5 nitrogen and oxygen atoms in total. The Morgan fingerprint density at radius 2 is 2.00 bits per heavy atom. The van der Waals surface area contributed by atoms with Gasteiger partial charge in [-0.15, -0.1) is 0 Å². The van der Waals surface area contributed by atoms with Crippen LogP contribution in [0.4, 0.5) is 4.39 Å². The fraction of sp³-hybridized carbons (Fsp3) is 0.444. The number of aliphatic hydroxyl groups is 1. The molecule has 0 bridgehead atoms. The molecule has 1 aromatic heterocycles. The summed E-state index contributed by atoms with van der Waals surface area (Å²) in [6, 6.07) is 5.98. The van der Waals surface area contributed by atoms with Crippen LogP contribution >= 0.6 is 0 Å². The van der Waals surface area contributed by atoms with Gasteiger partial charge >= 0.3 is 0 Å². The van der Waals surface area contributed by atoms with E-state index in [-0.39, 0.29) is 23.7 Å². The lowest BCUT2D eigenvalue weighted by atomic mass is 9.77. The molecule has 0 unspecified atom stereocenters. The molecule has 24 heavy (non-hydrogen) atoms. The van der Waals surface area contributed by atoms with E-state index in [1.54, 1.807) is 17.0 Å². The predicted molar refractivity (Wildman–Crippen MR) is 88.9 cm³/mol. The molecular weight excluding hydrogens is 309 g/mol. The number of amides is 1. The van der Waals surface area contributed by atoms with E-state index in [0.29, 0.717) is 24.3 Å². The Morgan fingerprint density at radius 3 is 2.58 bits per heavy atom. The van der Waals surface area contributed by atoms with Crippen molar-refractivity contribution in [2.75, 3.05) is 19.7 Å². The highest BCUT2D eigenvalue weighted by atomic mass is 19.1. The number of likely N-dealkylation sites (tertiary alicyclic amines) is 1. The van der Waals surface area contributed by atoms with Gasteiger partial charge in [0.05, 0.1) is 17.5 Å². The first-order valence-electron chi connectivity index (χ1n) is 8.28. The molecular formula is C18H22FN3O2. The number of piperidine rings is 1. The number of halogens is 1. The van der Waals surface area contributed by atoms with E-state index in [9.17, 15) is 14.3 Å². The Labute approximate surface area is 140 Å². The van der Waals surface area contributed by atoms with Crippen molar-refractivity contribution in [1.82, 2.24) is 15.1 Å². The van der Waals surface area contributed by atoms with Crippen LogP contribution in [0.15, 0.2) is 30.5 Å². The second kappa shape index (κ2) is 6.73. The second-order valence-electron chi connectivity index (χ2n) is 6.47. The summed E-state index contributed by atoms with van der Waals surface area (Å²) in [5, 5.41) is 16.4. The van der Waals surface area contributed by atoms with Crippen LogP contribution in [0.25, 0.3) is 11.3 Å². The highest BCUT2D eigenvalue weighted by molar-refractivity contribution is 5.99. The summed E-state index contributed by atoms with van der Waals surface area (Å²) in [4.78, 5) is 14.6. The zero-order chi connectivity index (χ0) is 17.2. The number of benzene rings is 1. The van der Waals surface area contributed by atoms with Crippen molar-refractivity contribution >= 4 is 5.91 Å². The molecule has 1 amide bonds. The predicted octanol–water partition coefficient (Wildman–Crippen LogP) is 2.84. The van der Waals surface area contributed by atoms with E-state index in [2.05, 4.69) is 17.1 Å². The van der Waals surface area contributed by atoms with Crippen molar-refractivity contribution in [3.63, 3.8) is 0 Å². The first-order valence-corrected chi connectivity index (χ1v) is 8.28. The van der Waals surface area contributed by atoms with Crippen LogP contribution < -0.4 is 0 Å². The standard InChI is InChI=1S/C18H22FN3O2/c1-2-18(12-23)7-9-22(10-8-18)17(24)15-11-20-21-16(15)13-3-5-14(19)6-4-13/h3-6,11,23H,2,7-10,12H2,1H3,(H,20,21). The van der Waals surface area contributed by atoms with Crippen molar-refractivity contribution in [1.29, 1.82) is 0 Å². The average Bonchev–Trinajstić information content (AvgIpc) is 3.11. The molecule has 0 aliphatic carbocycles. The number of carbonyl (C=O) groups is 1. The van der Waals surface area contributed by atoms with Gasteiger partial charge in [0.1, 0.15) is 5.82 Å². The number of nitrogens with zero attached hydrogens (tertiary/aromatic N) is 2. The van der Waals surface area contributed by atoms with Crippen LogP contribution in [0.1, 0.15) is 36.5 Å². The maximum Gasteiger partial charge on any atom is 0.257 e. The fourth-order valence-electron chi connectivity index (χ4n) is 3.26. The molecule has 6 heteroatoms. The smallest absolute Gasteiger partial charge is 0.257 e. The van der Waals surface area contributed by atoms with Crippen LogP contribution in [0.3, 0.4) is 0 Å². The van der Waals surface area contributed by atoms with Crippen molar-refractivity contribution in [3.05, 3.63) is 41.8 Å². The minimum Gasteiger partial charge on any atom is -0.396 e. The minimum absolute atomic E-state index is 0.0625. The second-order valence-corrected chi connectivity index (χ2v) is 6.47. The molecule has 1 aliphatic rings. The minimum atomic E-state index is -0.318. The van der Waals surface area contributed by atoms with E-state index < -0.39 is 0 Å². The highest BCUT2D eigenvalue weighted by Crippen LogP contribution is 2.35. The van der Waals surface area contributed by atoms with Gasteiger partial charge in [-0.1, -0.05) is 6.92 Å². The number of H-pyrrole nitrogens is 1. The van der Waals surface area contributed by atoms with Crippen LogP contribution in [-0.2, 0) is 0 Å². The Morgan fingerprint density at radius 1 is 1.33 bits per heavy atom. The maximum absolute atomic E-state index is 13.1. The number of aromatic nitrogens is 2. The number of carbonyl (C=O) groups excluding carboxylic acids is 1. The summed E-state index contributed by atoms with van der Waals surface area (Å²) >= 11 is 0. The topological polar surface area (TPSA) is 69.2 Å². The van der Waals surface area contributed by atoms with Crippen LogP contribution in [0.2, 0.25) is 0 Å². The number of aliphatic hydroxyl groups excluding tert-OH is 1. The first kappa shape index (κ1) is 16.6. The van der Waals surface area contributed by atoms with Gasteiger partial charge in [0.2, 0.25) is 0 Å². The molecule has 1 aromatic carbocycles. The number of hydrogen-bond acceptors (Lipinski definition) is 3. The summed E-state index contributed by atoms with van der Waals surface area (Å²) < 4.78 is 13.1. The summed E-state index contributed by atoms with van der Waals surface area (Å²) in [5.74, 6) is -0.396. The Hall–Kier alpha value is -2.21. The zero-order valence-corrected chi connectivity index (χ0v) is 13.8. The molecule has 1 fully saturated rings. The summed E-state index contributed by atoms with van der Waals surface area (Å²) in [6.07, 6.45) is 4.04. The Balaban J connectivity index is 1.78. The molecule has 0 radical (unpaired) electrons. The van der Waals surface area contributed by atoms with E-state index in [4.69, 9.17) is 0 Å². The molecule has 2 N–H and O–H groups in total. The van der Waals surface area contributed by atoms with Crippen molar-refractivity contribution in [3.8, 4) is 11.3 Å². The molecule has 128 valence electrons. The van der Waals surface area contributed by atoms with E-state index in [0.717, 1.165) is 24.8 Å². The summed E-state index contributed by atoms with van der Waals surface area (Å²) in [7, 11) is 0. The van der Waals surface area contributed by atoms with E-state index in [1.165, 1.54) is 18.3 Å². The van der Waals surface area contributed by atoms with E-state index >= 15 is 0 Å². The monoisotopic (exact) mass is 331 g/mol. The lowest BCUT2D eigenvalue weighted by Gasteiger charge is -2.40. The fourth-order valence-corrected chi connectivity index (χ4v) is 3.26. The first-order chi connectivity index (χ1) is 11.6. The Kier molecular flexibility index (Phi) is 4.66. The van der Waals surface area contributed by atoms with Gasteiger partial charge < -0.3 is 10.0 Å². The van der Waals surface area contributed by atoms with Gasteiger partial charge in [-0.3, -0.25) is 9.89 Å². The lowest BCUT2D eigenvalue weighted by Crippen LogP contribution is -2.44. The van der Waals surface area contributed by atoms with Crippen molar-refractivity contribution in [2.24, 2.45) is 5.41 Å². The number of aromatic amines is 1. The normalized spacial score (nSPS) is 17.0.